The highest BCUT2D eigenvalue weighted by Crippen LogP contribution is 2.28. The molecule has 2 fully saturated rings. The standard InChI is InChI=1S/C15H24N4O2/c1-2-15(18-17-5-1)16-10-14-11-19(7-9-21-14)6-8-20-12-13-3-4-13/h1-2,5,13-14H,3-4,6-12H2,(H,16,18). The molecule has 0 spiro atoms. The second-order valence-corrected chi connectivity index (χ2v) is 5.80. The first-order valence-electron chi connectivity index (χ1n) is 7.83. The molecule has 2 heterocycles. The molecule has 1 aromatic heterocycles. The number of nitrogens with zero attached hydrogens (tertiary/aromatic N) is 3. The molecule has 6 heteroatoms. The summed E-state index contributed by atoms with van der Waals surface area (Å²) in [5, 5.41) is 11.1. The minimum atomic E-state index is 0.198. The quantitative estimate of drug-likeness (QED) is 0.722. The van der Waals surface area contributed by atoms with Crippen LogP contribution < -0.4 is 5.32 Å². The van der Waals surface area contributed by atoms with Crippen molar-refractivity contribution in [3.8, 4) is 0 Å². The van der Waals surface area contributed by atoms with Crippen LogP contribution in [-0.4, -0.2) is 67.2 Å². The van der Waals surface area contributed by atoms with E-state index in [1.54, 1.807) is 6.20 Å². The second kappa shape index (κ2) is 7.68. The van der Waals surface area contributed by atoms with Gasteiger partial charge in [-0.2, -0.15) is 5.10 Å². The Morgan fingerprint density at radius 1 is 1.43 bits per heavy atom. The zero-order valence-electron chi connectivity index (χ0n) is 12.4. The highest BCUT2D eigenvalue weighted by Gasteiger charge is 2.22. The van der Waals surface area contributed by atoms with E-state index in [-0.39, 0.29) is 6.10 Å². The maximum atomic E-state index is 5.79. The lowest BCUT2D eigenvalue weighted by Gasteiger charge is -2.32. The SMILES string of the molecule is c1cnnc(NCC2CN(CCOCC3CC3)CCO2)c1. The summed E-state index contributed by atoms with van der Waals surface area (Å²) in [6, 6.07) is 3.79. The van der Waals surface area contributed by atoms with Crippen molar-refractivity contribution in [2.75, 3.05) is 51.3 Å². The molecule has 2 aliphatic rings. The number of hydrogen-bond donors (Lipinski definition) is 1. The minimum absolute atomic E-state index is 0.198. The van der Waals surface area contributed by atoms with Crippen LogP contribution in [-0.2, 0) is 9.47 Å². The van der Waals surface area contributed by atoms with Crippen molar-refractivity contribution in [2.24, 2.45) is 5.92 Å². The predicted octanol–water partition coefficient (Wildman–Crippen LogP) is 1.02. The van der Waals surface area contributed by atoms with Gasteiger partial charge in [-0.15, -0.1) is 5.10 Å². The second-order valence-electron chi connectivity index (χ2n) is 5.80. The summed E-state index contributed by atoms with van der Waals surface area (Å²) in [6.45, 7) is 6.27. The van der Waals surface area contributed by atoms with Gasteiger partial charge in [0.15, 0.2) is 0 Å². The first-order valence-corrected chi connectivity index (χ1v) is 7.83. The Morgan fingerprint density at radius 2 is 2.38 bits per heavy atom. The summed E-state index contributed by atoms with van der Waals surface area (Å²) < 4.78 is 11.5. The molecule has 3 rings (SSSR count). The van der Waals surface area contributed by atoms with Crippen molar-refractivity contribution < 1.29 is 9.47 Å². The van der Waals surface area contributed by atoms with Gasteiger partial charge in [-0.25, -0.2) is 0 Å². The van der Waals surface area contributed by atoms with Crippen LogP contribution in [0.25, 0.3) is 0 Å². The van der Waals surface area contributed by atoms with Crippen LogP contribution in [0, 0.1) is 5.92 Å². The molecule has 1 saturated carbocycles. The predicted molar refractivity (Wildman–Crippen MR) is 80.2 cm³/mol. The molecule has 0 bridgehead atoms. The fraction of sp³-hybridized carbons (Fsp3) is 0.733. The molecule has 116 valence electrons. The Hall–Kier alpha value is -1.24. The molecule has 0 amide bonds. The smallest absolute Gasteiger partial charge is 0.148 e. The highest BCUT2D eigenvalue weighted by atomic mass is 16.5. The van der Waals surface area contributed by atoms with Crippen LogP contribution in [0.4, 0.5) is 5.82 Å². The van der Waals surface area contributed by atoms with Crippen molar-refractivity contribution in [1.82, 2.24) is 15.1 Å². The van der Waals surface area contributed by atoms with Gasteiger partial charge in [0.1, 0.15) is 5.82 Å². The molecule has 21 heavy (non-hydrogen) atoms. The van der Waals surface area contributed by atoms with Crippen molar-refractivity contribution in [3.63, 3.8) is 0 Å². The summed E-state index contributed by atoms with van der Waals surface area (Å²) in [4.78, 5) is 2.42. The third kappa shape index (κ3) is 5.22. The Labute approximate surface area is 125 Å². The van der Waals surface area contributed by atoms with E-state index in [9.17, 15) is 0 Å². The van der Waals surface area contributed by atoms with Crippen molar-refractivity contribution in [1.29, 1.82) is 0 Å². The lowest BCUT2D eigenvalue weighted by Crippen LogP contribution is -2.46. The van der Waals surface area contributed by atoms with Gasteiger partial charge in [0, 0.05) is 39.0 Å². The minimum Gasteiger partial charge on any atom is -0.380 e. The molecule has 1 aromatic rings. The number of ether oxygens (including phenoxy) is 2. The fourth-order valence-electron chi connectivity index (χ4n) is 2.45. The molecule has 0 aromatic carbocycles. The summed E-state index contributed by atoms with van der Waals surface area (Å²) >= 11 is 0. The Balaban J connectivity index is 1.32. The fourth-order valence-corrected chi connectivity index (χ4v) is 2.45. The average Bonchev–Trinajstić information content (AvgIpc) is 3.35. The van der Waals surface area contributed by atoms with Crippen molar-refractivity contribution in [3.05, 3.63) is 18.3 Å². The molecular weight excluding hydrogens is 268 g/mol. The van der Waals surface area contributed by atoms with E-state index >= 15 is 0 Å². The van der Waals surface area contributed by atoms with Crippen LogP contribution in [0.2, 0.25) is 0 Å². The number of hydrogen-bond acceptors (Lipinski definition) is 6. The van der Waals surface area contributed by atoms with Gasteiger partial charge < -0.3 is 14.8 Å². The van der Waals surface area contributed by atoms with Crippen molar-refractivity contribution in [2.45, 2.75) is 18.9 Å². The molecule has 1 atom stereocenters. The molecule has 1 saturated heterocycles. The number of nitrogens with one attached hydrogen (secondary N) is 1. The zero-order valence-corrected chi connectivity index (χ0v) is 12.4. The Bertz CT molecular complexity index is 413. The lowest BCUT2D eigenvalue weighted by atomic mass is 10.2. The lowest BCUT2D eigenvalue weighted by molar-refractivity contribution is -0.0300. The average molecular weight is 292 g/mol. The van der Waals surface area contributed by atoms with Crippen molar-refractivity contribution >= 4 is 5.82 Å². The number of aromatic nitrogens is 2. The van der Waals surface area contributed by atoms with E-state index in [2.05, 4.69) is 20.4 Å². The monoisotopic (exact) mass is 292 g/mol. The van der Waals surface area contributed by atoms with Crippen LogP contribution in [0.3, 0.4) is 0 Å². The topological polar surface area (TPSA) is 59.5 Å². The molecule has 0 radical (unpaired) electrons. The third-order valence-electron chi connectivity index (χ3n) is 3.91. The van der Waals surface area contributed by atoms with E-state index in [1.807, 2.05) is 12.1 Å². The van der Waals surface area contributed by atoms with Gasteiger partial charge in [-0.1, -0.05) is 0 Å². The van der Waals surface area contributed by atoms with Crippen LogP contribution in [0.5, 0.6) is 0 Å². The number of morpholine rings is 1. The van der Waals surface area contributed by atoms with Crippen LogP contribution in [0.1, 0.15) is 12.8 Å². The highest BCUT2D eigenvalue weighted by molar-refractivity contribution is 5.31. The van der Waals surface area contributed by atoms with Gasteiger partial charge in [0.2, 0.25) is 0 Å². The first-order chi connectivity index (χ1) is 10.4. The largest absolute Gasteiger partial charge is 0.380 e. The van der Waals surface area contributed by atoms with Gasteiger partial charge in [0.25, 0.3) is 0 Å². The summed E-state index contributed by atoms with van der Waals surface area (Å²) in [5.74, 6) is 1.64. The third-order valence-corrected chi connectivity index (χ3v) is 3.91. The van der Waals surface area contributed by atoms with Gasteiger partial charge in [0.05, 0.1) is 19.3 Å². The molecule has 6 nitrogen and oxygen atoms in total. The summed E-state index contributed by atoms with van der Waals surface area (Å²) in [6.07, 6.45) is 4.58. The molecule has 1 unspecified atom stereocenters. The Kier molecular flexibility index (Phi) is 5.37. The number of anilines is 1. The van der Waals surface area contributed by atoms with E-state index in [0.717, 1.165) is 57.7 Å². The van der Waals surface area contributed by atoms with E-state index < -0.39 is 0 Å². The van der Waals surface area contributed by atoms with E-state index in [0.29, 0.717) is 0 Å². The summed E-state index contributed by atoms with van der Waals surface area (Å²) in [5.41, 5.74) is 0. The maximum absolute atomic E-state index is 5.79. The zero-order chi connectivity index (χ0) is 14.3. The van der Waals surface area contributed by atoms with Gasteiger partial charge >= 0.3 is 0 Å². The molecule has 1 aliphatic carbocycles. The van der Waals surface area contributed by atoms with Crippen LogP contribution in [0.15, 0.2) is 18.3 Å². The number of rotatable bonds is 8. The molecule has 1 N–H and O–H groups in total. The van der Waals surface area contributed by atoms with E-state index in [4.69, 9.17) is 9.47 Å². The van der Waals surface area contributed by atoms with Crippen LogP contribution >= 0.6 is 0 Å². The normalized spacial score (nSPS) is 23.1. The molecule has 1 aliphatic heterocycles. The van der Waals surface area contributed by atoms with Gasteiger partial charge in [-0.05, 0) is 30.9 Å². The van der Waals surface area contributed by atoms with Gasteiger partial charge in [-0.3, -0.25) is 4.90 Å². The Morgan fingerprint density at radius 3 is 3.19 bits per heavy atom. The maximum Gasteiger partial charge on any atom is 0.148 e. The molecular formula is C15H24N4O2. The van der Waals surface area contributed by atoms with E-state index in [1.165, 1.54) is 12.8 Å². The first kappa shape index (κ1) is 14.7. The summed E-state index contributed by atoms with van der Waals surface area (Å²) in [7, 11) is 0.